The lowest BCUT2D eigenvalue weighted by Crippen LogP contribution is -2.27. The fraction of sp³-hybridized carbons (Fsp3) is 0.429. The molecule has 1 unspecified atom stereocenters. The number of carbonyl (C=O) groups excluding carboxylic acids is 1. The summed E-state index contributed by atoms with van der Waals surface area (Å²) in [6.45, 7) is 4.89. The van der Waals surface area contributed by atoms with E-state index in [9.17, 15) is 18.4 Å². The van der Waals surface area contributed by atoms with E-state index < -0.39 is 41.5 Å². The molecule has 0 heterocycles. The average Bonchev–Trinajstić information content (AvgIpc) is 2.27. The molecule has 0 fully saturated rings. The van der Waals surface area contributed by atoms with Gasteiger partial charge in [-0.25, -0.2) is 8.78 Å². The van der Waals surface area contributed by atoms with Gasteiger partial charge in [0.25, 0.3) is 0 Å². The van der Waals surface area contributed by atoms with Gasteiger partial charge in [-0.2, -0.15) is 0 Å². The molecule has 0 aromatic heterocycles. The second kappa shape index (κ2) is 5.98. The van der Waals surface area contributed by atoms with Crippen molar-refractivity contribution in [3.05, 3.63) is 35.4 Å². The number of esters is 1. The van der Waals surface area contributed by atoms with Gasteiger partial charge in [-0.3, -0.25) is 9.59 Å². The maximum Gasteiger partial charge on any atom is 0.311 e. The highest BCUT2D eigenvalue weighted by Gasteiger charge is 2.29. The first-order chi connectivity index (χ1) is 9.11. The fourth-order valence-electron chi connectivity index (χ4n) is 1.67. The Bertz CT molecular complexity index is 520. The molecule has 20 heavy (non-hydrogen) atoms. The summed E-state index contributed by atoms with van der Waals surface area (Å²) < 4.78 is 31.7. The zero-order valence-corrected chi connectivity index (χ0v) is 11.4. The van der Waals surface area contributed by atoms with E-state index in [2.05, 4.69) is 0 Å². The van der Waals surface area contributed by atoms with Crippen molar-refractivity contribution in [3.8, 4) is 0 Å². The summed E-state index contributed by atoms with van der Waals surface area (Å²) in [5.41, 5.74) is -1.15. The van der Waals surface area contributed by atoms with Crippen LogP contribution in [0.1, 0.15) is 38.7 Å². The third kappa shape index (κ3) is 4.29. The molecule has 4 nitrogen and oxygen atoms in total. The molecule has 1 rings (SSSR count). The van der Waals surface area contributed by atoms with Gasteiger partial charge in [-0.1, -0.05) is 12.1 Å². The maximum atomic E-state index is 13.6. The van der Waals surface area contributed by atoms with Crippen LogP contribution in [0.15, 0.2) is 18.2 Å². The van der Waals surface area contributed by atoms with Crippen LogP contribution in [0, 0.1) is 11.6 Å². The molecule has 6 heteroatoms. The van der Waals surface area contributed by atoms with Crippen molar-refractivity contribution in [2.75, 3.05) is 0 Å². The van der Waals surface area contributed by atoms with Gasteiger partial charge >= 0.3 is 11.9 Å². The highest BCUT2D eigenvalue weighted by atomic mass is 19.2. The van der Waals surface area contributed by atoms with Crippen LogP contribution in [-0.4, -0.2) is 22.6 Å². The lowest BCUT2D eigenvalue weighted by atomic mass is 9.95. The zero-order chi connectivity index (χ0) is 15.5. The Labute approximate surface area is 115 Å². The minimum atomic E-state index is -1.49. The molecule has 0 bridgehead atoms. The third-order valence-corrected chi connectivity index (χ3v) is 2.45. The van der Waals surface area contributed by atoms with Crippen molar-refractivity contribution in [3.63, 3.8) is 0 Å². The maximum absolute atomic E-state index is 13.6. The predicted molar refractivity (Wildman–Crippen MR) is 67.2 cm³/mol. The van der Waals surface area contributed by atoms with E-state index in [1.54, 1.807) is 20.8 Å². The van der Waals surface area contributed by atoms with Crippen LogP contribution in [-0.2, 0) is 14.3 Å². The third-order valence-electron chi connectivity index (χ3n) is 2.45. The molecule has 1 aromatic rings. The standard InChI is InChI=1S/C14H16F2O4/c1-14(2,3)20-11(17)7-9(13(18)19)8-5-4-6-10(15)12(8)16/h4-6,9H,7H2,1-3H3,(H,18,19). The van der Waals surface area contributed by atoms with E-state index >= 15 is 0 Å². The number of hydrogen-bond acceptors (Lipinski definition) is 3. The van der Waals surface area contributed by atoms with Gasteiger partial charge in [-0.15, -0.1) is 0 Å². The summed E-state index contributed by atoms with van der Waals surface area (Å²) in [5.74, 6) is -6.10. The number of halogens is 2. The Balaban J connectivity index is 2.99. The largest absolute Gasteiger partial charge is 0.481 e. The molecule has 0 amide bonds. The first kappa shape index (κ1) is 16.1. The van der Waals surface area contributed by atoms with Crippen LogP contribution in [0.2, 0.25) is 0 Å². The molecule has 0 saturated carbocycles. The minimum absolute atomic E-state index is 0.372. The van der Waals surface area contributed by atoms with Gasteiger partial charge in [0.15, 0.2) is 11.6 Å². The van der Waals surface area contributed by atoms with E-state index in [1.165, 1.54) is 6.07 Å². The smallest absolute Gasteiger partial charge is 0.311 e. The molecule has 1 aromatic carbocycles. The Morgan fingerprint density at radius 1 is 1.30 bits per heavy atom. The molecule has 0 aliphatic heterocycles. The van der Waals surface area contributed by atoms with Gasteiger partial charge in [0.2, 0.25) is 0 Å². The molecular formula is C14H16F2O4. The molecule has 110 valence electrons. The van der Waals surface area contributed by atoms with E-state index in [1.807, 2.05) is 0 Å². The molecule has 0 aliphatic rings. The number of ether oxygens (including phenoxy) is 1. The van der Waals surface area contributed by atoms with Crippen molar-refractivity contribution in [1.29, 1.82) is 0 Å². The van der Waals surface area contributed by atoms with E-state index in [4.69, 9.17) is 9.84 Å². The number of benzene rings is 1. The van der Waals surface area contributed by atoms with Crippen molar-refractivity contribution in [2.24, 2.45) is 0 Å². The molecule has 1 atom stereocenters. The first-order valence-electron chi connectivity index (χ1n) is 6.00. The Hall–Kier alpha value is -1.98. The van der Waals surface area contributed by atoms with E-state index in [-0.39, 0.29) is 5.56 Å². The van der Waals surface area contributed by atoms with Crippen LogP contribution in [0.4, 0.5) is 8.78 Å². The summed E-state index contributed by atoms with van der Waals surface area (Å²) in [6.07, 6.45) is -0.563. The minimum Gasteiger partial charge on any atom is -0.481 e. The SMILES string of the molecule is CC(C)(C)OC(=O)CC(C(=O)O)c1cccc(F)c1F. The number of rotatable bonds is 4. The predicted octanol–water partition coefficient (Wildman–Crippen LogP) is 2.86. The number of hydrogen-bond donors (Lipinski definition) is 1. The van der Waals surface area contributed by atoms with Gasteiger partial charge < -0.3 is 9.84 Å². The summed E-state index contributed by atoms with van der Waals surface area (Å²) >= 11 is 0. The van der Waals surface area contributed by atoms with Crippen molar-refractivity contribution in [1.82, 2.24) is 0 Å². The zero-order valence-electron chi connectivity index (χ0n) is 11.4. The molecule has 0 radical (unpaired) electrons. The lowest BCUT2D eigenvalue weighted by Gasteiger charge is -2.21. The first-order valence-corrected chi connectivity index (χ1v) is 6.00. The van der Waals surface area contributed by atoms with Crippen LogP contribution in [0.5, 0.6) is 0 Å². The second-order valence-electron chi connectivity index (χ2n) is 5.32. The molecule has 0 saturated heterocycles. The fourth-order valence-corrected chi connectivity index (χ4v) is 1.67. The quantitative estimate of drug-likeness (QED) is 0.864. The summed E-state index contributed by atoms with van der Waals surface area (Å²) in [6, 6.07) is 3.21. The second-order valence-corrected chi connectivity index (χ2v) is 5.32. The van der Waals surface area contributed by atoms with Crippen molar-refractivity contribution in [2.45, 2.75) is 38.7 Å². The average molecular weight is 286 g/mol. The number of carbonyl (C=O) groups is 2. The molecule has 1 N–H and O–H groups in total. The van der Waals surface area contributed by atoms with Gasteiger partial charge in [0.05, 0.1) is 12.3 Å². The highest BCUT2D eigenvalue weighted by molar-refractivity contribution is 5.83. The summed E-state index contributed by atoms with van der Waals surface area (Å²) in [7, 11) is 0. The van der Waals surface area contributed by atoms with Crippen molar-refractivity contribution < 1.29 is 28.2 Å². The van der Waals surface area contributed by atoms with E-state index in [0.717, 1.165) is 12.1 Å². The van der Waals surface area contributed by atoms with Crippen LogP contribution < -0.4 is 0 Å². The van der Waals surface area contributed by atoms with E-state index in [0.29, 0.717) is 0 Å². The summed E-state index contributed by atoms with van der Waals surface area (Å²) in [5, 5.41) is 9.09. The normalized spacial score (nSPS) is 12.8. The Morgan fingerprint density at radius 2 is 1.90 bits per heavy atom. The van der Waals surface area contributed by atoms with Crippen LogP contribution >= 0.6 is 0 Å². The van der Waals surface area contributed by atoms with Crippen LogP contribution in [0.3, 0.4) is 0 Å². The van der Waals surface area contributed by atoms with Crippen molar-refractivity contribution >= 4 is 11.9 Å². The number of aliphatic carboxylic acids is 1. The van der Waals surface area contributed by atoms with Crippen LogP contribution in [0.25, 0.3) is 0 Å². The number of carboxylic acids is 1. The monoisotopic (exact) mass is 286 g/mol. The molecule has 0 aliphatic carbocycles. The topological polar surface area (TPSA) is 63.6 Å². The Morgan fingerprint density at radius 3 is 2.40 bits per heavy atom. The van der Waals surface area contributed by atoms with Gasteiger partial charge in [0.1, 0.15) is 5.60 Å². The Kier molecular flexibility index (Phi) is 4.81. The summed E-state index contributed by atoms with van der Waals surface area (Å²) in [4.78, 5) is 22.8. The highest BCUT2D eigenvalue weighted by Crippen LogP contribution is 2.26. The lowest BCUT2D eigenvalue weighted by molar-refractivity contribution is -0.158. The van der Waals surface area contributed by atoms with Gasteiger partial charge in [0, 0.05) is 5.56 Å². The molecule has 0 spiro atoms. The molecular weight excluding hydrogens is 270 g/mol. The van der Waals surface area contributed by atoms with Gasteiger partial charge in [-0.05, 0) is 26.8 Å². The number of carboxylic acid groups (broad SMARTS) is 1.